The van der Waals surface area contributed by atoms with Crippen LogP contribution in [0.2, 0.25) is 0 Å². The molecule has 1 saturated carbocycles. The summed E-state index contributed by atoms with van der Waals surface area (Å²) in [5.41, 5.74) is 4.18. The first kappa shape index (κ1) is 25.2. The van der Waals surface area contributed by atoms with E-state index in [-0.39, 0.29) is 0 Å². The Labute approximate surface area is 244 Å². The number of aromatic amines is 1. The second-order valence-corrected chi connectivity index (χ2v) is 11.5. The summed E-state index contributed by atoms with van der Waals surface area (Å²) in [4.78, 5) is 24.1. The van der Waals surface area contributed by atoms with Crippen LogP contribution in [0.15, 0.2) is 67.0 Å². The van der Waals surface area contributed by atoms with E-state index in [1.165, 1.54) is 30.5 Å². The highest BCUT2D eigenvalue weighted by molar-refractivity contribution is 5.92. The summed E-state index contributed by atoms with van der Waals surface area (Å²) in [5.74, 6) is 4.46. The van der Waals surface area contributed by atoms with Crippen LogP contribution in [0.4, 0.5) is 17.5 Å². The molecule has 3 aliphatic heterocycles. The van der Waals surface area contributed by atoms with Gasteiger partial charge in [0.05, 0.1) is 12.1 Å². The molecule has 7 heterocycles. The number of hydrogen-bond acceptors (Lipinski definition) is 9. The predicted molar refractivity (Wildman–Crippen MR) is 162 cm³/mol. The van der Waals surface area contributed by atoms with Crippen LogP contribution < -0.4 is 15.0 Å². The zero-order chi connectivity index (χ0) is 28.0. The van der Waals surface area contributed by atoms with Crippen molar-refractivity contribution in [2.24, 2.45) is 0 Å². The molecule has 1 aliphatic carbocycles. The monoisotopic (exact) mass is 559 g/mol. The Morgan fingerprint density at radius 2 is 1.86 bits per heavy atom. The van der Waals surface area contributed by atoms with E-state index >= 15 is 0 Å². The molecular formula is C32H33N9O. The molecule has 9 rings (SSSR count). The van der Waals surface area contributed by atoms with E-state index in [9.17, 15) is 0 Å². The average molecular weight is 560 g/mol. The third-order valence-corrected chi connectivity index (χ3v) is 8.59. The van der Waals surface area contributed by atoms with E-state index in [1.54, 1.807) is 0 Å². The van der Waals surface area contributed by atoms with E-state index in [0.29, 0.717) is 36.3 Å². The quantitative estimate of drug-likeness (QED) is 0.249. The highest BCUT2D eigenvalue weighted by atomic mass is 16.5. The molecule has 2 atom stereocenters. The van der Waals surface area contributed by atoms with Crippen LogP contribution in [0.3, 0.4) is 0 Å². The van der Waals surface area contributed by atoms with Gasteiger partial charge in [-0.05, 0) is 56.0 Å². The lowest BCUT2D eigenvalue weighted by atomic mass is 9.87. The van der Waals surface area contributed by atoms with Crippen molar-refractivity contribution in [3.8, 4) is 17.3 Å². The van der Waals surface area contributed by atoms with E-state index < -0.39 is 0 Å². The fourth-order valence-electron chi connectivity index (χ4n) is 6.21. The van der Waals surface area contributed by atoms with Crippen LogP contribution in [0.5, 0.6) is 5.88 Å². The van der Waals surface area contributed by atoms with Gasteiger partial charge >= 0.3 is 0 Å². The van der Waals surface area contributed by atoms with Gasteiger partial charge in [0.15, 0.2) is 11.6 Å². The van der Waals surface area contributed by atoms with Crippen LogP contribution in [-0.2, 0) is 6.54 Å². The Kier molecular flexibility index (Phi) is 6.21. The summed E-state index contributed by atoms with van der Waals surface area (Å²) in [6.45, 7) is 5.47. The van der Waals surface area contributed by atoms with Crippen LogP contribution in [-0.4, -0.2) is 66.8 Å². The number of anilines is 3. The molecule has 212 valence electrons. The first-order valence-corrected chi connectivity index (χ1v) is 14.8. The van der Waals surface area contributed by atoms with Crippen molar-refractivity contribution >= 4 is 28.4 Å². The maximum Gasteiger partial charge on any atom is 0.213 e. The summed E-state index contributed by atoms with van der Waals surface area (Å²) in [6.07, 6.45) is 7.52. The molecular weight excluding hydrogens is 526 g/mol. The largest absolute Gasteiger partial charge is 0.478 e. The first-order valence-electron chi connectivity index (χ1n) is 14.8. The van der Waals surface area contributed by atoms with Crippen molar-refractivity contribution < 1.29 is 4.74 Å². The molecule has 0 amide bonds. The Balaban J connectivity index is 0.971. The minimum Gasteiger partial charge on any atom is -0.478 e. The molecule has 0 radical (unpaired) electrons. The summed E-state index contributed by atoms with van der Waals surface area (Å²) < 4.78 is 5.49. The van der Waals surface area contributed by atoms with Crippen molar-refractivity contribution in [3.63, 3.8) is 0 Å². The normalized spacial score (nSPS) is 20.0. The summed E-state index contributed by atoms with van der Waals surface area (Å²) in [7, 11) is 0. The predicted octanol–water partition coefficient (Wildman–Crippen LogP) is 5.29. The molecule has 4 fully saturated rings. The Bertz CT molecular complexity index is 1700. The average Bonchev–Trinajstić information content (AvgIpc) is 3.79. The van der Waals surface area contributed by atoms with Gasteiger partial charge in [0, 0.05) is 78.8 Å². The van der Waals surface area contributed by atoms with Crippen molar-refractivity contribution in [3.05, 3.63) is 78.2 Å². The lowest BCUT2D eigenvalue weighted by molar-refractivity contribution is -0.00877. The van der Waals surface area contributed by atoms with Gasteiger partial charge in [0.2, 0.25) is 5.88 Å². The number of nitrogens with zero attached hydrogens (tertiary/aromatic N) is 7. The smallest absolute Gasteiger partial charge is 0.213 e. The summed E-state index contributed by atoms with van der Waals surface area (Å²) >= 11 is 0. The molecule has 1 aromatic carbocycles. The number of piperazine rings is 1. The zero-order valence-corrected chi connectivity index (χ0v) is 23.6. The standard InChI is InChI=1S/C32H33N9O/c1-2-42-30-12-7-20(15-34-30)17-41-23-13-24(41)19-40(18-23)29-11-10-22(16-33-29)31-35-26-6-4-3-5-25(26)32(37-31)36-28-14-27(38-39-28)21-8-9-21/h3-7,10-12,14-16,21,23-24H,2,8-9,13,17-19H2,1H3,(H2,35,36,37,38,39). The second kappa shape index (κ2) is 10.4. The maximum atomic E-state index is 5.49. The zero-order valence-electron chi connectivity index (χ0n) is 23.6. The van der Waals surface area contributed by atoms with E-state index in [2.05, 4.69) is 54.6 Å². The molecule has 2 N–H and O–H groups in total. The van der Waals surface area contributed by atoms with Gasteiger partial charge in [0.25, 0.3) is 0 Å². The number of nitrogens with one attached hydrogen (secondary N) is 2. The number of rotatable bonds is 9. The fraction of sp³-hybridized carbons (Fsp3) is 0.344. The maximum absolute atomic E-state index is 5.49. The third-order valence-electron chi connectivity index (χ3n) is 8.59. The minimum absolute atomic E-state index is 0.525. The minimum atomic E-state index is 0.525. The second-order valence-electron chi connectivity index (χ2n) is 11.5. The van der Waals surface area contributed by atoms with Crippen LogP contribution in [0, 0.1) is 0 Å². The molecule has 5 aromatic rings. The SMILES string of the molecule is CCOc1ccc(CN2C3CC2CN(c2ccc(-c4nc(Nc5cc(C6CC6)[nH]n5)c5ccccc5n4)cn2)C3)cn1. The Morgan fingerprint density at radius 1 is 0.976 bits per heavy atom. The van der Waals surface area contributed by atoms with Gasteiger partial charge in [-0.2, -0.15) is 5.10 Å². The van der Waals surface area contributed by atoms with Gasteiger partial charge in [-0.15, -0.1) is 0 Å². The first-order chi connectivity index (χ1) is 20.7. The van der Waals surface area contributed by atoms with Gasteiger partial charge < -0.3 is 15.0 Å². The molecule has 0 spiro atoms. The number of benzene rings is 1. The number of aromatic nitrogens is 6. The summed E-state index contributed by atoms with van der Waals surface area (Å²) in [6, 6.07) is 19.5. The van der Waals surface area contributed by atoms with Crippen LogP contribution in [0.25, 0.3) is 22.3 Å². The molecule has 42 heavy (non-hydrogen) atoms. The van der Waals surface area contributed by atoms with Crippen molar-refractivity contribution in [2.45, 2.75) is 50.7 Å². The highest BCUT2D eigenvalue weighted by Crippen LogP contribution is 2.40. The fourth-order valence-corrected chi connectivity index (χ4v) is 6.21. The number of para-hydroxylation sites is 1. The summed E-state index contributed by atoms with van der Waals surface area (Å²) in [5, 5.41) is 12.0. The van der Waals surface area contributed by atoms with Gasteiger partial charge in [0.1, 0.15) is 11.6 Å². The van der Waals surface area contributed by atoms with Crippen molar-refractivity contribution in [1.29, 1.82) is 0 Å². The number of H-pyrrole nitrogens is 1. The van der Waals surface area contributed by atoms with Crippen molar-refractivity contribution in [2.75, 3.05) is 29.9 Å². The van der Waals surface area contributed by atoms with E-state index in [0.717, 1.165) is 53.6 Å². The van der Waals surface area contributed by atoms with E-state index in [4.69, 9.17) is 19.7 Å². The number of piperidine rings is 1. The number of ether oxygens (including phenoxy) is 1. The molecule has 3 saturated heterocycles. The lowest BCUT2D eigenvalue weighted by Gasteiger charge is -2.56. The van der Waals surface area contributed by atoms with Gasteiger partial charge in [-0.1, -0.05) is 18.2 Å². The molecule has 2 unspecified atom stereocenters. The lowest BCUT2D eigenvalue weighted by Crippen LogP contribution is -2.68. The third kappa shape index (κ3) is 4.81. The van der Waals surface area contributed by atoms with Crippen LogP contribution >= 0.6 is 0 Å². The highest BCUT2D eigenvalue weighted by Gasteiger charge is 2.44. The Hall–Kier alpha value is -4.57. The van der Waals surface area contributed by atoms with Crippen molar-refractivity contribution in [1.82, 2.24) is 35.0 Å². The number of pyridine rings is 2. The topological polar surface area (TPSA) is 108 Å². The Morgan fingerprint density at radius 3 is 2.62 bits per heavy atom. The van der Waals surface area contributed by atoms with Crippen LogP contribution in [0.1, 0.15) is 43.4 Å². The molecule has 4 aromatic heterocycles. The van der Waals surface area contributed by atoms with Gasteiger partial charge in [-0.25, -0.2) is 19.9 Å². The molecule has 10 heteroatoms. The molecule has 10 nitrogen and oxygen atoms in total. The van der Waals surface area contributed by atoms with Gasteiger partial charge in [-0.3, -0.25) is 10.00 Å². The number of fused-ring (bicyclic) bond motifs is 3. The van der Waals surface area contributed by atoms with E-state index in [1.807, 2.05) is 49.6 Å². The number of hydrogen-bond donors (Lipinski definition) is 2. The molecule has 2 bridgehead atoms. The molecule has 4 aliphatic rings.